The quantitative estimate of drug-likeness (QED) is 0.510. The van der Waals surface area contributed by atoms with Gasteiger partial charge in [-0.1, -0.05) is 12.1 Å². The fourth-order valence-corrected chi connectivity index (χ4v) is 3.31. The minimum absolute atomic E-state index is 0.192. The van der Waals surface area contributed by atoms with Crippen LogP contribution in [0.5, 0.6) is 11.5 Å². The predicted molar refractivity (Wildman–Crippen MR) is 117 cm³/mol. The third kappa shape index (κ3) is 4.86. The van der Waals surface area contributed by atoms with Crippen LogP contribution in [-0.2, 0) is 4.79 Å². The molecular weight excluding hydrogens is 382 g/mol. The Bertz CT molecular complexity index is 1020. The third-order valence-electron chi connectivity index (χ3n) is 4.76. The lowest BCUT2D eigenvalue weighted by molar-refractivity contribution is -0.121. The Labute approximate surface area is 176 Å². The average molecular weight is 409 g/mol. The molecule has 2 aromatic carbocycles. The van der Waals surface area contributed by atoms with E-state index in [-0.39, 0.29) is 12.2 Å². The molecule has 0 saturated heterocycles. The number of aromatic nitrogens is 2. The summed E-state index contributed by atoms with van der Waals surface area (Å²) in [5.41, 5.74) is 1.82. The molecule has 3 rings (SSSR count). The van der Waals surface area contributed by atoms with E-state index < -0.39 is 6.61 Å². The molecule has 0 aliphatic carbocycles. The lowest BCUT2D eigenvalue weighted by atomic mass is 10.2. The second-order valence-corrected chi connectivity index (χ2v) is 6.84. The van der Waals surface area contributed by atoms with E-state index in [1.165, 1.54) is 0 Å². The summed E-state index contributed by atoms with van der Waals surface area (Å²) in [5.74, 6) is 2.57. The first kappa shape index (κ1) is 21.5. The Balaban J connectivity index is 1.91. The largest absolute Gasteiger partial charge is 0.493 e. The number of aliphatic hydroxyl groups excluding tert-OH is 1. The maximum Gasteiger partial charge on any atom is 0.163 e. The second kappa shape index (κ2) is 10.0. The molecule has 7 nitrogen and oxygen atoms in total. The molecule has 1 N–H and O–H groups in total. The maximum atomic E-state index is 11.3. The molecule has 0 atom stereocenters. The van der Waals surface area contributed by atoms with E-state index in [1.807, 2.05) is 49.4 Å². The van der Waals surface area contributed by atoms with Crippen molar-refractivity contribution in [1.82, 2.24) is 9.97 Å². The molecule has 7 heteroatoms. The van der Waals surface area contributed by atoms with Crippen LogP contribution in [0.1, 0.15) is 25.6 Å². The number of carbonyl (C=O) groups excluding carboxylic acids is 1. The first-order chi connectivity index (χ1) is 14.6. The van der Waals surface area contributed by atoms with Crippen LogP contribution in [0.4, 0.5) is 11.5 Å². The molecule has 0 radical (unpaired) electrons. The topological polar surface area (TPSA) is 84.8 Å². The van der Waals surface area contributed by atoms with E-state index in [0.717, 1.165) is 22.4 Å². The lowest BCUT2D eigenvalue weighted by Gasteiger charge is -2.25. The van der Waals surface area contributed by atoms with Gasteiger partial charge >= 0.3 is 0 Å². The van der Waals surface area contributed by atoms with Gasteiger partial charge in [0.1, 0.15) is 18.2 Å². The van der Waals surface area contributed by atoms with Gasteiger partial charge in [0.15, 0.2) is 17.3 Å². The van der Waals surface area contributed by atoms with Gasteiger partial charge in [-0.3, -0.25) is 4.79 Å². The van der Waals surface area contributed by atoms with Gasteiger partial charge in [0.25, 0.3) is 0 Å². The van der Waals surface area contributed by atoms with E-state index in [4.69, 9.17) is 19.6 Å². The van der Waals surface area contributed by atoms with E-state index in [0.29, 0.717) is 36.9 Å². The van der Waals surface area contributed by atoms with Crippen molar-refractivity contribution in [3.8, 4) is 11.5 Å². The molecule has 3 aromatic rings. The number of anilines is 2. The number of benzene rings is 2. The lowest BCUT2D eigenvalue weighted by Crippen LogP contribution is -2.18. The summed E-state index contributed by atoms with van der Waals surface area (Å²) < 4.78 is 11.3. The third-order valence-corrected chi connectivity index (χ3v) is 4.76. The zero-order valence-electron chi connectivity index (χ0n) is 17.6. The van der Waals surface area contributed by atoms with Gasteiger partial charge < -0.3 is 19.5 Å². The maximum absolute atomic E-state index is 11.3. The highest BCUT2D eigenvalue weighted by Gasteiger charge is 2.16. The predicted octanol–water partition coefficient (Wildman–Crippen LogP) is 3.83. The second-order valence-electron chi connectivity index (χ2n) is 6.84. The fraction of sp³-hybridized carbons (Fsp3) is 0.348. The Morgan fingerprint density at radius 2 is 1.93 bits per heavy atom. The fourth-order valence-electron chi connectivity index (χ4n) is 3.31. The number of methoxy groups -OCH3 is 1. The van der Waals surface area contributed by atoms with E-state index >= 15 is 0 Å². The van der Waals surface area contributed by atoms with Crippen LogP contribution in [0.15, 0.2) is 42.5 Å². The van der Waals surface area contributed by atoms with Crippen molar-refractivity contribution in [2.75, 3.05) is 31.8 Å². The molecular formula is C23H27N3O4. The van der Waals surface area contributed by atoms with Gasteiger partial charge in [-0.05, 0) is 44.5 Å². The van der Waals surface area contributed by atoms with E-state index in [2.05, 4.69) is 16.8 Å². The van der Waals surface area contributed by atoms with Crippen molar-refractivity contribution >= 4 is 28.2 Å². The van der Waals surface area contributed by atoms with Gasteiger partial charge in [-0.25, -0.2) is 9.97 Å². The first-order valence-corrected chi connectivity index (χ1v) is 10.0. The summed E-state index contributed by atoms with van der Waals surface area (Å²) in [5, 5.41) is 9.81. The van der Waals surface area contributed by atoms with E-state index in [9.17, 15) is 4.79 Å². The number of carbonyl (C=O) groups is 1. The smallest absolute Gasteiger partial charge is 0.163 e. The van der Waals surface area contributed by atoms with Gasteiger partial charge in [-0.2, -0.15) is 0 Å². The van der Waals surface area contributed by atoms with Crippen molar-refractivity contribution in [1.29, 1.82) is 0 Å². The molecule has 0 aliphatic heterocycles. The summed E-state index contributed by atoms with van der Waals surface area (Å²) >= 11 is 0. The first-order valence-electron chi connectivity index (χ1n) is 10.0. The molecule has 1 heterocycles. The summed E-state index contributed by atoms with van der Waals surface area (Å²) in [4.78, 5) is 22.6. The number of aliphatic hydroxyl groups is 1. The summed E-state index contributed by atoms with van der Waals surface area (Å²) in [7, 11) is 1.59. The summed E-state index contributed by atoms with van der Waals surface area (Å²) in [6.07, 6.45) is 0.811. The number of hydrogen-bond donors (Lipinski definition) is 1. The van der Waals surface area contributed by atoms with Crippen molar-refractivity contribution in [2.45, 2.75) is 26.7 Å². The Morgan fingerprint density at radius 3 is 2.67 bits per heavy atom. The highest BCUT2D eigenvalue weighted by Crippen LogP contribution is 2.36. The summed E-state index contributed by atoms with van der Waals surface area (Å²) in [6.45, 7) is 4.58. The van der Waals surface area contributed by atoms with Gasteiger partial charge in [-0.15, -0.1) is 0 Å². The monoisotopic (exact) mass is 409 g/mol. The number of Topliss-reactive ketones (excluding diaryl/α,β-unsaturated/α-hetero) is 1. The number of rotatable bonds is 10. The number of fused-ring (bicyclic) bond motifs is 1. The standard InChI is InChI=1S/C23H27N3O4/c1-4-26(23-19-9-5-6-10-20(19)24-16(2)25-23)17-11-12-21(29-3)22(14-17)30-13-7-8-18(28)15-27/h5-6,9-12,14,27H,4,7-8,13,15H2,1-3H3. The molecule has 0 bridgehead atoms. The Hall–Kier alpha value is -3.19. The zero-order valence-corrected chi connectivity index (χ0v) is 17.6. The molecule has 0 unspecified atom stereocenters. The summed E-state index contributed by atoms with van der Waals surface area (Å²) in [6, 6.07) is 13.7. The highest BCUT2D eigenvalue weighted by molar-refractivity contribution is 5.91. The van der Waals surface area contributed by atoms with Crippen LogP contribution in [0.2, 0.25) is 0 Å². The van der Waals surface area contributed by atoms with Crippen molar-refractivity contribution in [3.05, 3.63) is 48.3 Å². The van der Waals surface area contributed by atoms with Crippen LogP contribution >= 0.6 is 0 Å². The number of aryl methyl sites for hydroxylation is 1. The molecule has 0 spiro atoms. The zero-order chi connectivity index (χ0) is 21.5. The van der Waals surface area contributed by atoms with Crippen LogP contribution in [-0.4, -0.2) is 47.7 Å². The molecule has 0 fully saturated rings. The Morgan fingerprint density at radius 1 is 1.13 bits per heavy atom. The van der Waals surface area contributed by atoms with E-state index in [1.54, 1.807) is 7.11 Å². The molecule has 0 saturated carbocycles. The molecule has 1 aromatic heterocycles. The van der Waals surface area contributed by atoms with Gasteiger partial charge in [0.2, 0.25) is 0 Å². The van der Waals surface area contributed by atoms with Gasteiger partial charge in [0.05, 0.1) is 19.2 Å². The van der Waals surface area contributed by atoms with Crippen molar-refractivity contribution < 1.29 is 19.4 Å². The molecule has 158 valence electrons. The molecule has 30 heavy (non-hydrogen) atoms. The molecule has 0 amide bonds. The van der Waals surface area contributed by atoms with Crippen LogP contribution in [0, 0.1) is 6.92 Å². The van der Waals surface area contributed by atoms with Crippen LogP contribution < -0.4 is 14.4 Å². The van der Waals surface area contributed by atoms with Crippen LogP contribution in [0.3, 0.4) is 0 Å². The van der Waals surface area contributed by atoms with Gasteiger partial charge in [0, 0.05) is 30.1 Å². The number of hydrogen-bond acceptors (Lipinski definition) is 7. The Kier molecular flexibility index (Phi) is 7.19. The molecule has 0 aliphatic rings. The number of ketones is 1. The average Bonchev–Trinajstić information content (AvgIpc) is 2.77. The SMILES string of the molecule is CCN(c1ccc(OC)c(OCCCC(=O)CO)c1)c1nc(C)nc2ccccc12. The van der Waals surface area contributed by atoms with Crippen molar-refractivity contribution in [3.63, 3.8) is 0 Å². The number of ether oxygens (including phenoxy) is 2. The minimum atomic E-state index is -0.434. The van der Waals surface area contributed by atoms with Crippen molar-refractivity contribution in [2.24, 2.45) is 0 Å². The number of nitrogens with zero attached hydrogens (tertiary/aromatic N) is 3. The minimum Gasteiger partial charge on any atom is -0.493 e. The normalized spacial score (nSPS) is 10.8. The number of para-hydroxylation sites is 1. The van der Waals surface area contributed by atoms with Crippen LogP contribution in [0.25, 0.3) is 10.9 Å². The highest BCUT2D eigenvalue weighted by atomic mass is 16.5.